The van der Waals surface area contributed by atoms with Gasteiger partial charge in [0, 0.05) is 42.7 Å². The van der Waals surface area contributed by atoms with Gasteiger partial charge in [0.1, 0.15) is 17.1 Å². The summed E-state index contributed by atoms with van der Waals surface area (Å²) in [5, 5.41) is 25.2. The van der Waals surface area contributed by atoms with Crippen molar-refractivity contribution in [2.24, 2.45) is 5.41 Å². The van der Waals surface area contributed by atoms with E-state index in [2.05, 4.69) is 31.9 Å². The number of piperidine rings is 2. The molecule has 2 saturated heterocycles. The predicted molar refractivity (Wildman–Crippen MR) is 161 cm³/mol. The van der Waals surface area contributed by atoms with Gasteiger partial charge in [0.15, 0.2) is 11.6 Å². The van der Waals surface area contributed by atoms with E-state index in [4.69, 9.17) is 4.98 Å². The summed E-state index contributed by atoms with van der Waals surface area (Å²) in [4.78, 5) is 24.3. The summed E-state index contributed by atoms with van der Waals surface area (Å²) < 4.78 is 19.3. The summed E-state index contributed by atoms with van der Waals surface area (Å²) >= 11 is 0. The number of nitrogens with one attached hydrogen (secondary N) is 2. The molecule has 0 radical (unpaired) electrons. The van der Waals surface area contributed by atoms with Crippen LogP contribution in [0.2, 0.25) is 0 Å². The molecule has 2 fully saturated rings. The smallest absolute Gasteiger partial charge is 0.226 e. The van der Waals surface area contributed by atoms with Crippen molar-refractivity contribution >= 4 is 17.2 Å². The maximum absolute atomic E-state index is 15.7. The Morgan fingerprint density at radius 3 is 2.60 bits per heavy atom. The van der Waals surface area contributed by atoms with Crippen molar-refractivity contribution in [1.82, 2.24) is 40.0 Å². The van der Waals surface area contributed by atoms with Gasteiger partial charge >= 0.3 is 0 Å². The number of hydrogen-bond acceptors (Lipinski definition) is 8. The van der Waals surface area contributed by atoms with Gasteiger partial charge in [0.05, 0.1) is 41.4 Å². The largest absolute Gasteiger partial charge is 0.354 e. The molecule has 0 aliphatic carbocycles. The molecule has 0 spiro atoms. The molecule has 0 atom stereocenters. The third kappa shape index (κ3) is 5.45. The number of fused-ring (bicyclic) bond motifs is 1. The Morgan fingerprint density at radius 2 is 1.93 bits per heavy atom. The summed E-state index contributed by atoms with van der Waals surface area (Å²) in [6.07, 6.45) is 12.6. The molecule has 0 bridgehead atoms. The standard InChI is InChI=1S/C31H37FN10O/c1-4-31(30(43)38-20(2)3)7-11-40(12-8-31)29-25(32)13-21(15-35-29)27-28-22(14-33)16-37-42(28)19-26(39-27)23-17-36-41(18-23)24-5-9-34-10-6-24/h13,15-20,24,34H,4-12H2,1-3H3,(H,38,43). The Balaban J connectivity index is 1.30. The lowest BCUT2D eigenvalue weighted by Crippen LogP contribution is -2.50. The molecule has 11 nitrogen and oxygen atoms in total. The van der Waals surface area contributed by atoms with Gasteiger partial charge in [-0.2, -0.15) is 15.5 Å². The van der Waals surface area contributed by atoms with Crippen LogP contribution in [0.25, 0.3) is 28.0 Å². The van der Waals surface area contributed by atoms with Crippen molar-refractivity contribution in [3.8, 4) is 28.6 Å². The molecule has 4 aromatic heterocycles. The zero-order valence-electron chi connectivity index (χ0n) is 24.8. The third-order valence-electron chi connectivity index (χ3n) is 8.89. The van der Waals surface area contributed by atoms with Crippen molar-refractivity contribution in [3.63, 3.8) is 0 Å². The molecule has 6 rings (SSSR count). The minimum atomic E-state index is -0.477. The zero-order chi connectivity index (χ0) is 30.1. The van der Waals surface area contributed by atoms with Crippen LogP contribution < -0.4 is 15.5 Å². The SMILES string of the molecule is CCC1(C(=O)NC(C)C)CCN(c2ncc(-c3nc(-c4cnn(C5CCNCC5)c4)cn4ncc(C#N)c34)cc2F)CC1. The third-order valence-corrected chi connectivity index (χ3v) is 8.89. The normalized spacial score (nSPS) is 17.3. The first-order valence-corrected chi connectivity index (χ1v) is 15.1. The quantitative estimate of drug-likeness (QED) is 0.332. The highest BCUT2D eigenvalue weighted by Crippen LogP contribution is 2.38. The van der Waals surface area contributed by atoms with Crippen LogP contribution in [0, 0.1) is 22.6 Å². The second-order valence-corrected chi connectivity index (χ2v) is 11.9. The summed E-state index contributed by atoms with van der Waals surface area (Å²) in [6, 6.07) is 3.99. The average Bonchev–Trinajstić information content (AvgIpc) is 3.69. The van der Waals surface area contributed by atoms with Crippen LogP contribution in [0.4, 0.5) is 10.2 Å². The lowest BCUT2D eigenvalue weighted by atomic mass is 9.75. The molecule has 2 aliphatic rings. The fourth-order valence-corrected chi connectivity index (χ4v) is 6.27. The number of nitriles is 1. The van der Waals surface area contributed by atoms with E-state index >= 15 is 4.39 Å². The van der Waals surface area contributed by atoms with E-state index in [1.54, 1.807) is 23.1 Å². The molecule has 4 aromatic rings. The molecule has 0 aromatic carbocycles. The van der Waals surface area contributed by atoms with Crippen LogP contribution in [-0.4, -0.2) is 67.5 Å². The number of aromatic nitrogens is 6. The van der Waals surface area contributed by atoms with Crippen molar-refractivity contribution in [3.05, 3.63) is 48.4 Å². The molecule has 0 unspecified atom stereocenters. The van der Waals surface area contributed by atoms with Crippen molar-refractivity contribution in [2.75, 3.05) is 31.1 Å². The number of nitrogens with zero attached hydrogens (tertiary/aromatic N) is 8. The minimum Gasteiger partial charge on any atom is -0.354 e. The summed E-state index contributed by atoms with van der Waals surface area (Å²) in [7, 11) is 0. The summed E-state index contributed by atoms with van der Waals surface area (Å²) in [5.74, 6) is -0.156. The van der Waals surface area contributed by atoms with E-state index in [1.807, 2.05) is 36.5 Å². The Kier molecular flexibility index (Phi) is 7.83. The molecule has 2 aliphatic heterocycles. The predicted octanol–water partition coefficient (Wildman–Crippen LogP) is 4.11. The Labute approximate surface area is 250 Å². The number of pyridine rings is 1. The number of carbonyl (C=O) groups is 1. The summed E-state index contributed by atoms with van der Waals surface area (Å²) in [6.45, 7) is 8.93. The molecular weight excluding hydrogens is 547 g/mol. The van der Waals surface area contributed by atoms with E-state index in [1.165, 1.54) is 12.3 Å². The van der Waals surface area contributed by atoms with Crippen molar-refractivity contribution in [1.29, 1.82) is 5.26 Å². The first kappa shape index (κ1) is 28.7. The van der Waals surface area contributed by atoms with Crippen molar-refractivity contribution in [2.45, 2.75) is 65.0 Å². The number of hydrogen-bond donors (Lipinski definition) is 2. The van der Waals surface area contributed by atoms with E-state index < -0.39 is 11.2 Å². The Bertz CT molecular complexity index is 1670. The number of halogens is 1. The van der Waals surface area contributed by atoms with Gasteiger partial charge < -0.3 is 15.5 Å². The number of carbonyl (C=O) groups excluding carboxylic acids is 1. The van der Waals surface area contributed by atoms with Crippen LogP contribution in [0.3, 0.4) is 0 Å². The van der Waals surface area contributed by atoms with E-state index in [0.717, 1.165) is 37.9 Å². The van der Waals surface area contributed by atoms with E-state index in [0.29, 0.717) is 60.0 Å². The first-order chi connectivity index (χ1) is 20.8. The van der Waals surface area contributed by atoms with Crippen LogP contribution in [0.1, 0.15) is 64.5 Å². The van der Waals surface area contributed by atoms with Crippen LogP contribution in [0.15, 0.2) is 37.1 Å². The molecule has 6 heterocycles. The zero-order valence-corrected chi connectivity index (χ0v) is 24.8. The summed E-state index contributed by atoms with van der Waals surface area (Å²) in [5.41, 5.74) is 2.69. The molecule has 12 heteroatoms. The number of anilines is 1. The monoisotopic (exact) mass is 584 g/mol. The molecule has 0 saturated carbocycles. The highest BCUT2D eigenvalue weighted by atomic mass is 19.1. The number of amides is 1. The minimum absolute atomic E-state index is 0.0683. The lowest BCUT2D eigenvalue weighted by molar-refractivity contribution is -0.133. The molecular formula is C31H37FN10O. The van der Waals surface area contributed by atoms with E-state index in [-0.39, 0.29) is 17.8 Å². The van der Waals surface area contributed by atoms with Gasteiger partial charge in [0.2, 0.25) is 5.91 Å². The second kappa shape index (κ2) is 11.7. The van der Waals surface area contributed by atoms with Gasteiger partial charge in [-0.05, 0) is 65.1 Å². The van der Waals surface area contributed by atoms with Crippen LogP contribution in [0.5, 0.6) is 0 Å². The highest BCUT2D eigenvalue weighted by Gasteiger charge is 2.40. The lowest BCUT2D eigenvalue weighted by Gasteiger charge is -2.41. The second-order valence-electron chi connectivity index (χ2n) is 11.9. The maximum Gasteiger partial charge on any atom is 0.226 e. The highest BCUT2D eigenvalue weighted by molar-refractivity contribution is 5.84. The van der Waals surface area contributed by atoms with Gasteiger partial charge in [-0.25, -0.2) is 18.9 Å². The number of rotatable bonds is 7. The van der Waals surface area contributed by atoms with Gasteiger partial charge in [0.25, 0.3) is 0 Å². The van der Waals surface area contributed by atoms with Crippen LogP contribution in [-0.2, 0) is 4.79 Å². The van der Waals surface area contributed by atoms with Crippen LogP contribution >= 0.6 is 0 Å². The van der Waals surface area contributed by atoms with Crippen molar-refractivity contribution < 1.29 is 9.18 Å². The first-order valence-electron chi connectivity index (χ1n) is 15.1. The van der Waals surface area contributed by atoms with E-state index in [9.17, 15) is 10.1 Å². The van der Waals surface area contributed by atoms with Gasteiger partial charge in [-0.3, -0.25) is 9.48 Å². The Morgan fingerprint density at radius 1 is 1.16 bits per heavy atom. The average molecular weight is 585 g/mol. The fourth-order valence-electron chi connectivity index (χ4n) is 6.27. The Hall–Kier alpha value is -4.37. The maximum atomic E-state index is 15.7. The topological polar surface area (TPSA) is 129 Å². The molecule has 1 amide bonds. The van der Waals surface area contributed by atoms with Gasteiger partial charge in [-0.15, -0.1) is 0 Å². The van der Waals surface area contributed by atoms with Gasteiger partial charge in [-0.1, -0.05) is 6.92 Å². The molecule has 43 heavy (non-hydrogen) atoms. The molecule has 224 valence electrons. The fraction of sp³-hybridized carbons (Fsp3) is 0.484. The molecule has 2 N–H and O–H groups in total.